The highest BCUT2D eigenvalue weighted by atomic mass is 16.5. The third kappa shape index (κ3) is 40.3. The molecule has 0 radical (unpaired) electrons. The highest BCUT2D eigenvalue weighted by molar-refractivity contribution is 5.70. The molecule has 3 N–H and O–H groups in total. The van der Waals surface area contributed by atoms with Gasteiger partial charge in [0.15, 0.2) is 0 Å². The number of aliphatic hydroxyl groups excluding tert-OH is 1. The van der Waals surface area contributed by atoms with E-state index >= 15 is 0 Å². The van der Waals surface area contributed by atoms with Gasteiger partial charge < -0.3 is 30.1 Å². The summed E-state index contributed by atoms with van der Waals surface area (Å²) in [4.78, 5) is 30.1. The summed E-state index contributed by atoms with van der Waals surface area (Å²) in [5.41, 5.74) is 5.59. The molecule has 0 aromatic carbocycles. The van der Waals surface area contributed by atoms with E-state index in [0.717, 1.165) is 90.3 Å². The van der Waals surface area contributed by atoms with Crippen LogP contribution < -0.4 is 5.73 Å². The third-order valence-corrected chi connectivity index (χ3v) is 12.4. The number of rotatable bonds is 47. The van der Waals surface area contributed by atoms with Gasteiger partial charge in [0, 0.05) is 45.4 Å². The molecule has 0 bridgehead atoms. The van der Waals surface area contributed by atoms with Crippen molar-refractivity contribution in [1.29, 1.82) is 0 Å². The molecule has 0 amide bonds. The summed E-state index contributed by atoms with van der Waals surface area (Å²) in [6.07, 6.45) is 41.8. The Morgan fingerprint density at radius 3 is 1.33 bits per heavy atom. The van der Waals surface area contributed by atoms with Crippen LogP contribution in [-0.4, -0.2) is 79.4 Å². The van der Waals surface area contributed by atoms with Gasteiger partial charge in [-0.25, -0.2) is 0 Å². The molecule has 8 nitrogen and oxygen atoms in total. The second-order valence-corrected chi connectivity index (χ2v) is 18.4. The fourth-order valence-corrected chi connectivity index (χ4v) is 8.53. The zero-order valence-electron chi connectivity index (χ0n) is 40.7. The number of carbonyl (C=O) groups excluding carboxylic acids is 2. The molecule has 0 spiro atoms. The first-order valence-corrected chi connectivity index (χ1v) is 26.1. The fourth-order valence-electron chi connectivity index (χ4n) is 8.53. The molecule has 0 saturated heterocycles. The number of carbonyl (C=O) groups is 2. The number of hydrogen-bond donors (Lipinski definition) is 2. The third-order valence-electron chi connectivity index (χ3n) is 12.4. The number of unbranched alkanes of at least 4 members (excludes halogenated alkanes) is 20. The van der Waals surface area contributed by atoms with E-state index in [1.54, 1.807) is 6.20 Å². The first kappa shape index (κ1) is 58.2. The zero-order valence-corrected chi connectivity index (χ0v) is 40.7. The van der Waals surface area contributed by atoms with Crippen LogP contribution in [0.4, 0.5) is 0 Å². The molecule has 0 saturated carbocycles. The van der Waals surface area contributed by atoms with Crippen molar-refractivity contribution in [2.75, 3.05) is 46.4 Å². The minimum absolute atomic E-state index is 0.00476. The van der Waals surface area contributed by atoms with Gasteiger partial charge in [0.1, 0.15) is 0 Å². The van der Waals surface area contributed by atoms with E-state index < -0.39 is 6.10 Å². The van der Waals surface area contributed by atoms with E-state index in [-0.39, 0.29) is 11.9 Å². The van der Waals surface area contributed by atoms with Crippen LogP contribution >= 0.6 is 0 Å². The fraction of sp³-hybridized carbons (Fsp3) is 0.923. The van der Waals surface area contributed by atoms with Gasteiger partial charge in [0.2, 0.25) is 0 Å². The van der Waals surface area contributed by atoms with Gasteiger partial charge in [-0.15, -0.1) is 0 Å². The lowest BCUT2D eigenvalue weighted by Crippen LogP contribution is -2.35. The van der Waals surface area contributed by atoms with Crippen molar-refractivity contribution in [3.05, 3.63) is 12.4 Å². The molecule has 0 fully saturated rings. The van der Waals surface area contributed by atoms with E-state index in [1.807, 2.05) is 13.2 Å². The van der Waals surface area contributed by atoms with E-state index in [0.29, 0.717) is 50.9 Å². The van der Waals surface area contributed by atoms with Crippen molar-refractivity contribution in [3.8, 4) is 0 Å². The van der Waals surface area contributed by atoms with E-state index in [1.165, 1.54) is 128 Å². The van der Waals surface area contributed by atoms with E-state index in [4.69, 9.17) is 15.2 Å². The highest BCUT2D eigenvalue weighted by Gasteiger charge is 2.17. The SMILES string of the molecule is CCCCCCCCC(CCCCCC)CC(=O)OCCCCCCN(CCCN(C)/C=C\N)CC(O)CCCCOC(=O)CC(CCCCCC)CCCCCCCC. The van der Waals surface area contributed by atoms with Crippen LogP contribution in [0.25, 0.3) is 0 Å². The molecule has 0 aromatic heterocycles. The highest BCUT2D eigenvalue weighted by Crippen LogP contribution is 2.24. The Labute approximate surface area is 373 Å². The van der Waals surface area contributed by atoms with Gasteiger partial charge in [-0.3, -0.25) is 9.59 Å². The Bertz CT molecular complexity index is 949. The number of nitrogens with zero attached hydrogens (tertiary/aromatic N) is 2. The summed E-state index contributed by atoms with van der Waals surface area (Å²) in [6.45, 7) is 13.4. The molecule has 8 heteroatoms. The normalized spacial score (nSPS) is 13.2. The zero-order chi connectivity index (χ0) is 44.2. The first-order valence-electron chi connectivity index (χ1n) is 26.1. The number of aliphatic hydroxyl groups is 1. The van der Waals surface area contributed by atoms with Crippen molar-refractivity contribution >= 4 is 11.9 Å². The maximum absolute atomic E-state index is 12.8. The number of esters is 2. The van der Waals surface area contributed by atoms with Crippen LogP contribution in [-0.2, 0) is 19.1 Å². The number of nitrogens with two attached hydrogens (primary N) is 1. The summed E-state index contributed by atoms with van der Waals surface area (Å²) in [7, 11) is 2.04. The van der Waals surface area contributed by atoms with Crippen molar-refractivity contribution in [3.63, 3.8) is 0 Å². The number of ether oxygens (including phenoxy) is 2. The summed E-state index contributed by atoms with van der Waals surface area (Å²) in [5.74, 6) is 0.873. The van der Waals surface area contributed by atoms with Crippen LogP contribution in [0.2, 0.25) is 0 Å². The van der Waals surface area contributed by atoms with Crippen LogP contribution in [0, 0.1) is 11.8 Å². The standard InChI is InChI=1S/C52H103N3O5/c1-6-10-14-18-20-26-35-48(33-24-16-12-8-3)45-51(57)59-43-30-23-22-29-40-55(41-32-39-54(5)42-38-53)47-50(56)37-28-31-44-60-52(58)46-49(34-25-17-13-9-4)36-27-21-19-15-11-7-2/h38,42,48-50,56H,6-37,39-41,43-47,53H2,1-5H3/b42-38-. The van der Waals surface area contributed by atoms with Crippen LogP contribution in [0.15, 0.2) is 12.4 Å². The maximum Gasteiger partial charge on any atom is 0.306 e. The second kappa shape index (κ2) is 45.2. The van der Waals surface area contributed by atoms with Gasteiger partial charge in [0.25, 0.3) is 0 Å². The molecule has 0 heterocycles. The van der Waals surface area contributed by atoms with Gasteiger partial charge >= 0.3 is 11.9 Å². The smallest absolute Gasteiger partial charge is 0.306 e. The lowest BCUT2D eigenvalue weighted by molar-refractivity contribution is -0.146. The molecule has 0 aromatic rings. The lowest BCUT2D eigenvalue weighted by Gasteiger charge is -2.26. The van der Waals surface area contributed by atoms with Crippen molar-refractivity contribution < 1.29 is 24.2 Å². The van der Waals surface area contributed by atoms with Crippen molar-refractivity contribution in [2.45, 2.75) is 252 Å². The van der Waals surface area contributed by atoms with Crippen molar-refractivity contribution in [1.82, 2.24) is 9.80 Å². The molecule has 0 aliphatic heterocycles. The van der Waals surface area contributed by atoms with E-state index in [2.05, 4.69) is 37.5 Å². The predicted molar refractivity (Wildman–Crippen MR) is 257 cm³/mol. The minimum atomic E-state index is -0.400. The largest absolute Gasteiger partial charge is 0.466 e. The summed E-state index contributed by atoms with van der Waals surface area (Å²) in [6, 6.07) is 0. The molecule has 0 rings (SSSR count). The molecular weight excluding hydrogens is 747 g/mol. The average Bonchev–Trinajstić information content (AvgIpc) is 3.22. The van der Waals surface area contributed by atoms with E-state index in [9.17, 15) is 14.7 Å². The Morgan fingerprint density at radius 1 is 0.500 bits per heavy atom. The molecule has 0 aliphatic rings. The monoisotopic (exact) mass is 850 g/mol. The molecular formula is C52H103N3O5. The van der Waals surface area contributed by atoms with Crippen molar-refractivity contribution in [2.24, 2.45) is 17.6 Å². The Morgan fingerprint density at radius 2 is 0.867 bits per heavy atom. The first-order chi connectivity index (χ1) is 29.3. The Hall–Kier alpha value is -1.80. The molecule has 3 unspecified atom stereocenters. The molecule has 60 heavy (non-hydrogen) atoms. The Kier molecular flexibility index (Phi) is 43.9. The molecule has 0 aliphatic carbocycles. The quantitative estimate of drug-likeness (QED) is 0.0461. The topological polar surface area (TPSA) is 105 Å². The minimum Gasteiger partial charge on any atom is -0.466 e. The summed E-state index contributed by atoms with van der Waals surface area (Å²) < 4.78 is 11.5. The molecule has 356 valence electrons. The second-order valence-electron chi connectivity index (χ2n) is 18.4. The maximum atomic E-state index is 12.8. The van der Waals surface area contributed by atoms with Gasteiger partial charge in [-0.1, -0.05) is 169 Å². The predicted octanol–water partition coefficient (Wildman–Crippen LogP) is 13.7. The average molecular weight is 850 g/mol. The van der Waals surface area contributed by atoms with Gasteiger partial charge in [-0.05, 0) is 89.1 Å². The summed E-state index contributed by atoms with van der Waals surface area (Å²) in [5, 5.41) is 11.0. The van der Waals surface area contributed by atoms with Crippen LogP contribution in [0.5, 0.6) is 0 Å². The molecule has 3 atom stereocenters. The van der Waals surface area contributed by atoms with Gasteiger partial charge in [-0.2, -0.15) is 0 Å². The summed E-state index contributed by atoms with van der Waals surface area (Å²) >= 11 is 0. The van der Waals surface area contributed by atoms with Crippen LogP contribution in [0.1, 0.15) is 246 Å². The van der Waals surface area contributed by atoms with Gasteiger partial charge in [0.05, 0.1) is 19.3 Å². The number of hydrogen-bond acceptors (Lipinski definition) is 8. The lowest BCUT2D eigenvalue weighted by atomic mass is 9.91. The Balaban J connectivity index is 4.62. The van der Waals surface area contributed by atoms with Crippen LogP contribution in [0.3, 0.4) is 0 Å².